The van der Waals surface area contributed by atoms with Gasteiger partial charge in [0.15, 0.2) is 0 Å². The highest BCUT2D eigenvalue weighted by Gasteiger charge is 2.00. The van der Waals surface area contributed by atoms with Gasteiger partial charge in [-0.25, -0.2) is 0 Å². The van der Waals surface area contributed by atoms with Crippen molar-refractivity contribution in [2.75, 3.05) is 18.6 Å². The van der Waals surface area contributed by atoms with E-state index in [0.717, 1.165) is 16.3 Å². The highest BCUT2D eigenvalue weighted by Crippen LogP contribution is 2.21. The summed E-state index contributed by atoms with van der Waals surface area (Å²) in [6.07, 6.45) is 5.67. The fraction of sp³-hybridized carbons (Fsp3) is 0.353. The summed E-state index contributed by atoms with van der Waals surface area (Å²) in [7, 11) is 1.97. The summed E-state index contributed by atoms with van der Waals surface area (Å²) in [6, 6.07) is 10.1. The van der Waals surface area contributed by atoms with Crippen LogP contribution in [-0.2, 0) is 0 Å². The first-order valence-electron chi connectivity index (χ1n) is 6.97. The third kappa shape index (κ3) is 6.42. The number of allylic oxidation sites excluding steroid dienone is 3. The minimum absolute atomic E-state index is 0.410. The molecular formula is C17H22N2OS. The number of benzene rings is 1. The third-order valence-electron chi connectivity index (χ3n) is 2.59. The fourth-order valence-electron chi connectivity index (χ4n) is 1.65. The van der Waals surface area contributed by atoms with Crippen molar-refractivity contribution < 1.29 is 4.74 Å². The largest absolute Gasteiger partial charge is 0.494 e. The van der Waals surface area contributed by atoms with Crippen molar-refractivity contribution in [2.45, 2.75) is 26.0 Å². The van der Waals surface area contributed by atoms with Crippen molar-refractivity contribution in [3.8, 4) is 11.8 Å². The smallest absolute Gasteiger partial charge is 0.119 e. The van der Waals surface area contributed by atoms with Gasteiger partial charge in [-0.15, -0.1) is 11.8 Å². The predicted octanol–water partition coefficient (Wildman–Crippen LogP) is 4.58. The van der Waals surface area contributed by atoms with Crippen LogP contribution in [0.25, 0.3) is 0 Å². The average molecular weight is 302 g/mol. The van der Waals surface area contributed by atoms with E-state index >= 15 is 0 Å². The fourth-order valence-corrected chi connectivity index (χ4v) is 2.36. The van der Waals surface area contributed by atoms with E-state index in [0.29, 0.717) is 11.9 Å². The Bertz CT molecular complexity index is 527. The van der Waals surface area contributed by atoms with Crippen molar-refractivity contribution in [3.05, 3.63) is 47.5 Å². The summed E-state index contributed by atoms with van der Waals surface area (Å²) in [5, 5.41) is 9.45. The second kappa shape index (κ2) is 9.15. The molecule has 0 aliphatic heterocycles. The molecule has 0 heterocycles. The maximum atomic E-state index is 9.04. The van der Waals surface area contributed by atoms with Crippen molar-refractivity contribution >= 4 is 17.4 Å². The third-order valence-corrected chi connectivity index (χ3v) is 3.54. The molecule has 0 saturated heterocycles. The molecule has 1 aromatic rings. The second-order valence-electron chi connectivity index (χ2n) is 4.69. The number of nitrogens with zero attached hydrogens (tertiary/aromatic N) is 2. The lowest BCUT2D eigenvalue weighted by Crippen LogP contribution is -2.07. The van der Waals surface area contributed by atoms with E-state index in [9.17, 15) is 0 Å². The number of hydrogen-bond acceptors (Lipinski definition) is 4. The summed E-state index contributed by atoms with van der Waals surface area (Å²) in [4.78, 5) is 2.72. The Morgan fingerprint density at radius 1 is 1.38 bits per heavy atom. The maximum absolute atomic E-state index is 9.04. The number of rotatable bonds is 7. The number of thioether (sulfide) groups is 1. The maximum Gasteiger partial charge on any atom is 0.119 e. The number of nitriles is 1. The SMILES string of the molecule is CCOc1ccc(N(C)C=CC=C(C#N)SC(C)C)cc1. The van der Waals surface area contributed by atoms with Crippen LogP contribution in [0.1, 0.15) is 20.8 Å². The summed E-state index contributed by atoms with van der Waals surface area (Å²) in [5.41, 5.74) is 1.07. The molecule has 0 fully saturated rings. The number of anilines is 1. The standard InChI is InChI=1S/C17H22N2OS/c1-5-20-16-10-8-15(9-11-16)19(4)12-6-7-17(13-18)21-14(2)3/h6-12,14H,5H2,1-4H3. The monoisotopic (exact) mass is 302 g/mol. The first-order chi connectivity index (χ1) is 10.1. The van der Waals surface area contributed by atoms with Crippen molar-refractivity contribution in [1.29, 1.82) is 5.26 Å². The Kier molecular flexibility index (Phi) is 7.49. The molecule has 0 amide bonds. The number of hydrogen-bond donors (Lipinski definition) is 0. The van der Waals surface area contributed by atoms with Crippen LogP contribution in [0.5, 0.6) is 5.75 Å². The summed E-state index contributed by atoms with van der Waals surface area (Å²) in [5.74, 6) is 0.874. The van der Waals surface area contributed by atoms with Crippen LogP contribution in [0.2, 0.25) is 0 Å². The molecule has 1 aromatic carbocycles. The van der Waals surface area contributed by atoms with Gasteiger partial charge < -0.3 is 9.64 Å². The number of ether oxygens (including phenoxy) is 1. The van der Waals surface area contributed by atoms with Gasteiger partial charge in [-0.2, -0.15) is 5.26 Å². The quantitative estimate of drug-likeness (QED) is 0.545. The molecule has 112 valence electrons. The molecular weight excluding hydrogens is 280 g/mol. The van der Waals surface area contributed by atoms with Gasteiger partial charge in [-0.3, -0.25) is 0 Å². The normalized spacial score (nSPS) is 11.7. The lowest BCUT2D eigenvalue weighted by Gasteiger charge is -2.14. The van der Waals surface area contributed by atoms with E-state index in [1.54, 1.807) is 11.8 Å². The molecule has 0 bridgehead atoms. The molecule has 0 saturated carbocycles. The molecule has 0 N–H and O–H groups in total. The molecule has 0 spiro atoms. The Morgan fingerprint density at radius 2 is 2.05 bits per heavy atom. The van der Waals surface area contributed by atoms with E-state index in [1.807, 2.05) is 61.5 Å². The van der Waals surface area contributed by atoms with Gasteiger partial charge >= 0.3 is 0 Å². The predicted molar refractivity (Wildman–Crippen MR) is 91.6 cm³/mol. The molecule has 4 heteroatoms. The molecule has 0 radical (unpaired) electrons. The van der Waals surface area contributed by atoms with Crippen molar-refractivity contribution in [2.24, 2.45) is 0 Å². The topological polar surface area (TPSA) is 36.3 Å². The van der Waals surface area contributed by atoms with Crippen LogP contribution in [0.15, 0.2) is 47.5 Å². The Morgan fingerprint density at radius 3 is 2.57 bits per heavy atom. The minimum atomic E-state index is 0.410. The molecule has 3 nitrogen and oxygen atoms in total. The van der Waals surface area contributed by atoms with Crippen LogP contribution < -0.4 is 9.64 Å². The van der Waals surface area contributed by atoms with Crippen LogP contribution in [-0.4, -0.2) is 18.9 Å². The second-order valence-corrected chi connectivity index (χ2v) is 6.31. The lowest BCUT2D eigenvalue weighted by atomic mass is 10.3. The van der Waals surface area contributed by atoms with Gasteiger partial charge in [-0.05, 0) is 43.3 Å². The van der Waals surface area contributed by atoms with Crippen LogP contribution >= 0.6 is 11.8 Å². The van der Waals surface area contributed by atoms with Gasteiger partial charge in [-0.1, -0.05) is 13.8 Å². The van der Waals surface area contributed by atoms with Crippen LogP contribution in [0.3, 0.4) is 0 Å². The Balaban J connectivity index is 2.67. The van der Waals surface area contributed by atoms with E-state index in [2.05, 4.69) is 19.9 Å². The minimum Gasteiger partial charge on any atom is -0.494 e. The molecule has 0 unspecified atom stereocenters. The molecule has 0 atom stereocenters. The van der Waals surface area contributed by atoms with Gasteiger partial charge in [0.05, 0.1) is 11.5 Å². The molecule has 0 aliphatic carbocycles. The summed E-state index contributed by atoms with van der Waals surface area (Å²) < 4.78 is 5.42. The van der Waals surface area contributed by atoms with Crippen molar-refractivity contribution in [1.82, 2.24) is 0 Å². The zero-order valence-electron chi connectivity index (χ0n) is 13.0. The van der Waals surface area contributed by atoms with Gasteiger partial charge in [0.1, 0.15) is 11.8 Å². The average Bonchev–Trinajstić information content (AvgIpc) is 2.46. The van der Waals surface area contributed by atoms with Gasteiger partial charge in [0, 0.05) is 24.2 Å². The lowest BCUT2D eigenvalue weighted by molar-refractivity contribution is 0.340. The van der Waals surface area contributed by atoms with Gasteiger partial charge in [0.25, 0.3) is 0 Å². The zero-order chi connectivity index (χ0) is 15.7. The molecule has 1 rings (SSSR count). The van der Waals surface area contributed by atoms with E-state index < -0.39 is 0 Å². The molecule has 21 heavy (non-hydrogen) atoms. The Labute approximate surface area is 131 Å². The van der Waals surface area contributed by atoms with Crippen LogP contribution in [0.4, 0.5) is 5.69 Å². The molecule has 0 aromatic heterocycles. The summed E-state index contributed by atoms with van der Waals surface area (Å²) in [6.45, 7) is 6.79. The highest BCUT2D eigenvalue weighted by atomic mass is 32.2. The Hall–Kier alpha value is -1.86. The molecule has 0 aliphatic rings. The first kappa shape index (κ1) is 17.2. The highest BCUT2D eigenvalue weighted by molar-refractivity contribution is 8.03. The summed E-state index contributed by atoms with van der Waals surface area (Å²) >= 11 is 1.57. The van der Waals surface area contributed by atoms with Crippen LogP contribution in [0, 0.1) is 11.3 Å². The van der Waals surface area contributed by atoms with Crippen molar-refractivity contribution in [3.63, 3.8) is 0 Å². The zero-order valence-corrected chi connectivity index (χ0v) is 13.9. The van der Waals surface area contributed by atoms with E-state index in [-0.39, 0.29) is 0 Å². The first-order valence-corrected chi connectivity index (χ1v) is 7.85. The van der Waals surface area contributed by atoms with E-state index in [1.165, 1.54) is 0 Å². The van der Waals surface area contributed by atoms with Gasteiger partial charge in [0.2, 0.25) is 0 Å². The van der Waals surface area contributed by atoms with E-state index in [4.69, 9.17) is 10.00 Å².